The van der Waals surface area contributed by atoms with Crippen molar-refractivity contribution < 1.29 is 5.11 Å². The highest BCUT2D eigenvalue weighted by molar-refractivity contribution is 5.91. The third kappa shape index (κ3) is 4.14. The molecule has 4 nitrogen and oxygen atoms in total. The van der Waals surface area contributed by atoms with Crippen molar-refractivity contribution in [3.05, 3.63) is 132 Å². The molecule has 7 rings (SSSR count). The zero-order chi connectivity index (χ0) is 29.0. The van der Waals surface area contributed by atoms with Crippen molar-refractivity contribution in [1.82, 2.24) is 9.97 Å². The fraction of sp³-hybridized carbons (Fsp3) is 0.158. The summed E-state index contributed by atoms with van der Waals surface area (Å²) < 4.78 is 0. The van der Waals surface area contributed by atoms with Gasteiger partial charge in [0, 0.05) is 22.6 Å². The Morgan fingerprint density at radius 2 is 1.45 bits per heavy atom. The summed E-state index contributed by atoms with van der Waals surface area (Å²) in [5.74, 6) is 1.40. The van der Waals surface area contributed by atoms with Gasteiger partial charge in [0.15, 0.2) is 0 Å². The van der Waals surface area contributed by atoms with Crippen LogP contribution in [0.2, 0.25) is 0 Å². The van der Waals surface area contributed by atoms with Crippen LogP contribution in [0.15, 0.2) is 115 Å². The molecule has 0 fully saturated rings. The van der Waals surface area contributed by atoms with Gasteiger partial charge in [0.2, 0.25) is 0 Å². The molecular formula is C38H33N3O. The van der Waals surface area contributed by atoms with Crippen LogP contribution < -0.4 is 4.90 Å². The summed E-state index contributed by atoms with van der Waals surface area (Å²) in [5, 5.41) is 11.7. The number of aromatic nitrogens is 2. The zero-order valence-corrected chi connectivity index (χ0v) is 24.3. The number of pyridine rings is 2. The summed E-state index contributed by atoms with van der Waals surface area (Å²) in [7, 11) is 0. The van der Waals surface area contributed by atoms with Gasteiger partial charge < -0.3 is 5.11 Å². The van der Waals surface area contributed by atoms with Crippen molar-refractivity contribution in [3.8, 4) is 28.1 Å². The van der Waals surface area contributed by atoms with Gasteiger partial charge in [-0.15, -0.1) is 0 Å². The number of fused-ring (bicyclic) bond motifs is 3. The number of rotatable bonds is 4. The molecule has 6 aromatic rings. The van der Waals surface area contributed by atoms with Gasteiger partial charge in [-0.3, -0.25) is 4.90 Å². The second kappa shape index (κ2) is 9.85. The Balaban J connectivity index is 1.43. The van der Waals surface area contributed by atoms with Crippen molar-refractivity contribution in [1.29, 1.82) is 0 Å². The Labute approximate surface area is 247 Å². The van der Waals surface area contributed by atoms with E-state index in [1.54, 1.807) is 6.07 Å². The third-order valence-electron chi connectivity index (χ3n) is 8.60. The molecule has 0 unspecified atom stereocenters. The molecule has 1 N–H and O–H groups in total. The van der Waals surface area contributed by atoms with E-state index < -0.39 is 0 Å². The normalized spacial score (nSPS) is 13.7. The lowest BCUT2D eigenvalue weighted by molar-refractivity contribution is 0.480. The van der Waals surface area contributed by atoms with E-state index in [0.717, 1.165) is 45.0 Å². The Hall–Kier alpha value is -4.96. The van der Waals surface area contributed by atoms with Crippen molar-refractivity contribution in [2.45, 2.75) is 39.0 Å². The van der Waals surface area contributed by atoms with Crippen LogP contribution in [0.4, 0.5) is 17.2 Å². The standard InChI is InChI=1S/C38H33N3O/c1-24(2)28-16-19-35(42)37-29(28)15-18-32(40-37)27-14-17-31-34(22-27)41(33-13-9-8-12-30(33)38(31,3)4)36-23-26(20-21-39-36)25-10-6-5-7-11-25/h5-24,42H,1-4H3. The van der Waals surface area contributed by atoms with E-state index in [2.05, 4.69) is 124 Å². The average molecular weight is 548 g/mol. The molecule has 4 aromatic carbocycles. The minimum Gasteiger partial charge on any atom is -0.506 e. The van der Waals surface area contributed by atoms with E-state index in [4.69, 9.17) is 9.97 Å². The second-order valence-corrected chi connectivity index (χ2v) is 11.9. The molecule has 206 valence electrons. The fourth-order valence-corrected chi connectivity index (χ4v) is 6.36. The number of phenols is 1. The number of hydrogen-bond donors (Lipinski definition) is 1. The summed E-state index contributed by atoms with van der Waals surface area (Å²) in [5.41, 5.74) is 10.4. The lowest BCUT2D eigenvalue weighted by atomic mass is 9.73. The van der Waals surface area contributed by atoms with Gasteiger partial charge in [-0.1, -0.05) is 100 Å². The Bertz CT molecular complexity index is 1960. The molecule has 42 heavy (non-hydrogen) atoms. The van der Waals surface area contributed by atoms with Crippen LogP contribution in [0.3, 0.4) is 0 Å². The first-order valence-electron chi connectivity index (χ1n) is 14.5. The largest absolute Gasteiger partial charge is 0.506 e. The Morgan fingerprint density at radius 1 is 0.690 bits per heavy atom. The highest BCUT2D eigenvalue weighted by atomic mass is 16.3. The van der Waals surface area contributed by atoms with Gasteiger partial charge in [-0.05, 0) is 70.1 Å². The van der Waals surface area contributed by atoms with Crippen molar-refractivity contribution in [2.75, 3.05) is 4.90 Å². The van der Waals surface area contributed by atoms with Crippen molar-refractivity contribution in [2.24, 2.45) is 0 Å². The van der Waals surface area contributed by atoms with Crippen LogP contribution in [0.1, 0.15) is 50.3 Å². The van der Waals surface area contributed by atoms with Crippen molar-refractivity contribution in [3.63, 3.8) is 0 Å². The van der Waals surface area contributed by atoms with E-state index in [1.807, 2.05) is 18.3 Å². The first-order chi connectivity index (χ1) is 20.3. The molecule has 1 aliphatic heterocycles. The van der Waals surface area contributed by atoms with Crippen LogP contribution >= 0.6 is 0 Å². The number of anilines is 3. The highest BCUT2D eigenvalue weighted by Crippen LogP contribution is 2.52. The molecular weight excluding hydrogens is 514 g/mol. The van der Waals surface area contributed by atoms with E-state index in [9.17, 15) is 5.11 Å². The maximum atomic E-state index is 10.8. The van der Waals surface area contributed by atoms with Crippen LogP contribution in [0, 0.1) is 0 Å². The number of para-hydroxylation sites is 1. The predicted octanol–water partition coefficient (Wildman–Crippen LogP) is 9.90. The molecule has 0 amide bonds. The topological polar surface area (TPSA) is 49.3 Å². The summed E-state index contributed by atoms with van der Waals surface area (Å²) in [6, 6.07) is 37.8. The molecule has 0 aliphatic carbocycles. The number of nitrogens with zero attached hydrogens (tertiary/aromatic N) is 3. The van der Waals surface area contributed by atoms with Gasteiger partial charge in [-0.25, -0.2) is 9.97 Å². The molecule has 0 spiro atoms. The molecule has 1 aliphatic rings. The summed E-state index contributed by atoms with van der Waals surface area (Å²) in [6.07, 6.45) is 1.89. The molecule has 0 atom stereocenters. The maximum absolute atomic E-state index is 10.8. The lowest BCUT2D eigenvalue weighted by Crippen LogP contribution is -2.31. The molecule has 2 aromatic heterocycles. The molecule has 3 heterocycles. The minimum atomic E-state index is -0.209. The zero-order valence-electron chi connectivity index (χ0n) is 24.3. The van der Waals surface area contributed by atoms with Crippen LogP contribution in [0.5, 0.6) is 5.75 Å². The van der Waals surface area contributed by atoms with Gasteiger partial charge in [-0.2, -0.15) is 0 Å². The minimum absolute atomic E-state index is 0.202. The van der Waals surface area contributed by atoms with Crippen LogP contribution in [-0.2, 0) is 5.41 Å². The van der Waals surface area contributed by atoms with Crippen LogP contribution in [0.25, 0.3) is 33.3 Å². The van der Waals surface area contributed by atoms with E-state index in [-0.39, 0.29) is 11.2 Å². The molecule has 4 heteroatoms. The summed E-state index contributed by atoms with van der Waals surface area (Å²) >= 11 is 0. The first kappa shape index (κ1) is 26.0. The SMILES string of the molecule is CC(C)c1ccc(O)c2nc(-c3ccc4c(c3)N(c3cc(-c5ccccc5)ccn3)c3ccccc3C4(C)C)ccc12. The molecule has 0 saturated heterocycles. The van der Waals surface area contributed by atoms with E-state index in [1.165, 1.54) is 16.7 Å². The maximum Gasteiger partial charge on any atom is 0.141 e. The van der Waals surface area contributed by atoms with E-state index in [0.29, 0.717) is 11.4 Å². The second-order valence-electron chi connectivity index (χ2n) is 11.9. The third-order valence-corrected chi connectivity index (χ3v) is 8.60. The monoisotopic (exact) mass is 547 g/mol. The average Bonchev–Trinajstić information content (AvgIpc) is 3.01. The number of phenolic OH excluding ortho intramolecular Hbond substituents is 1. The fourth-order valence-electron chi connectivity index (χ4n) is 6.36. The van der Waals surface area contributed by atoms with Crippen molar-refractivity contribution >= 4 is 28.1 Å². The first-order valence-corrected chi connectivity index (χ1v) is 14.5. The van der Waals surface area contributed by atoms with Gasteiger partial charge in [0.05, 0.1) is 17.1 Å². The number of hydrogen-bond acceptors (Lipinski definition) is 4. The molecule has 0 radical (unpaired) electrons. The summed E-state index contributed by atoms with van der Waals surface area (Å²) in [6.45, 7) is 8.90. The molecule has 0 bridgehead atoms. The highest BCUT2D eigenvalue weighted by Gasteiger charge is 2.37. The predicted molar refractivity (Wildman–Crippen MR) is 173 cm³/mol. The van der Waals surface area contributed by atoms with Gasteiger partial charge in [0.1, 0.15) is 17.1 Å². The van der Waals surface area contributed by atoms with E-state index >= 15 is 0 Å². The molecule has 0 saturated carbocycles. The van der Waals surface area contributed by atoms with Gasteiger partial charge >= 0.3 is 0 Å². The number of benzene rings is 4. The smallest absolute Gasteiger partial charge is 0.141 e. The Kier molecular flexibility index (Phi) is 6.09. The number of aromatic hydroxyl groups is 1. The van der Waals surface area contributed by atoms with Crippen LogP contribution in [-0.4, -0.2) is 15.1 Å². The lowest BCUT2D eigenvalue weighted by Gasteiger charge is -2.41. The quantitative estimate of drug-likeness (QED) is 0.239. The summed E-state index contributed by atoms with van der Waals surface area (Å²) in [4.78, 5) is 12.2. The Morgan fingerprint density at radius 3 is 2.26 bits per heavy atom. The van der Waals surface area contributed by atoms with Gasteiger partial charge in [0.25, 0.3) is 0 Å².